The first-order valence-corrected chi connectivity index (χ1v) is 16.0. The minimum absolute atomic E-state index is 0.0441. The van der Waals surface area contributed by atoms with Crippen molar-refractivity contribution in [1.29, 1.82) is 0 Å². The number of hydrogen-bond donors (Lipinski definition) is 3. The number of halogens is 1. The number of aromatic nitrogens is 1. The van der Waals surface area contributed by atoms with E-state index in [9.17, 15) is 19.5 Å². The molecule has 2 aromatic rings. The number of carbonyl (C=O) groups excluding carboxylic acids is 3. The highest BCUT2D eigenvalue weighted by molar-refractivity contribution is 9.10. The van der Waals surface area contributed by atoms with Crippen molar-refractivity contribution < 1.29 is 28.3 Å². The fraction of sp³-hybridized carbons (Fsp3) is 0.594. The highest BCUT2D eigenvalue weighted by Gasteiger charge is 2.72. The average Bonchev–Trinajstić information content (AvgIpc) is 3.66. The van der Waals surface area contributed by atoms with Gasteiger partial charge in [0.05, 0.1) is 10.5 Å². The Hall–Kier alpha value is -2.73. The lowest BCUT2D eigenvalue weighted by Crippen LogP contribution is -2.71. The number of amides is 3. The molecule has 5 aliphatic rings. The Kier molecular flexibility index (Phi) is 5.88. The van der Waals surface area contributed by atoms with E-state index in [1.54, 1.807) is 18.7 Å². The molecule has 0 saturated carbocycles. The van der Waals surface area contributed by atoms with Gasteiger partial charge in [0.2, 0.25) is 17.5 Å². The molecular formula is C32H40BrN5O5. The first-order valence-electron chi connectivity index (χ1n) is 16.7. The average molecular weight is 658 g/mol. The molecule has 43 heavy (non-hydrogen) atoms. The Morgan fingerprint density at radius 1 is 1.30 bits per heavy atom. The maximum Gasteiger partial charge on any atom is 0.281 e. The van der Waals surface area contributed by atoms with Gasteiger partial charge in [0.25, 0.3) is 11.8 Å². The second-order valence-corrected chi connectivity index (χ2v) is 14.2. The molecule has 3 fully saturated rings. The number of likely N-dealkylation sites (N-methyl/N-ethyl adjacent to an activating group) is 1. The summed E-state index contributed by atoms with van der Waals surface area (Å²) in [5, 5.41) is 16.0. The molecule has 11 heteroatoms. The maximum absolute atomic E-state index is 14.5. The van der Waals surface area contributed by atoms with Crippen molar-refractivity contribution in [1.82, 2.24) is 25.0 Å². The van der Waals surface area contributed by atoms with Crippen molar-refractivity contribution in [3.8, 4) is 0 Å². The van der Waals surface area contributed by atoms with Crippen LogP contribution in [0.3, 0.4) is 0 Å². The van der Waals surface area contributed by atoms with E-state index in [-0.39, 0.29) is 18.4 Å². The SMILES string of the molecule is [2H]C([2H])([2H])N1C[C@H](C(=O)N[C@]2(C(C)C)O[C@@]3(O)[C@@H]4CCCN4C(=O)[C@H](CC(C)C)N3C2=O)C=C2c3cccc4[nH]c(Br)c(c34)C[C@H]21. The highest BCUT2D eigenvalue weighted by Crippen LogP contribution is 2.49. The van der Waals surface area contributed by atoms with E-state index >= 15 is 0 Å². The third-order valence-corrected chi connectivity index (χ3v) is 10.7. The zero-order chi connectivity index (χ0) is 33.1. The summed E-state index contributed by atoms with van der Waals surface area (Å²) in [5.74, 6) is -5.12. The molecule has 1 aromatic carbocycles. The molecule has 0 bridgehead atoms. The van der Waals surface area contributed by atoms with Crippen LogP contribution in [0.4, 0.5) is 0 Å². The number of H-pyrrole nitrogens is 1. The first-order chi connectivity index (χ1) is 21.6. The van der Waals surface area contributed by atoms with Crippen LogP contribution >= 0.6 is 15.9 Å². The Morgan fingerprint density at radius 2 is 2.09 bits per heavy atom. The number of nitrogens with one attached hydrogen (secondary N) is 2. The third-order valence-electron chi connectivity index (χ3n) is 10.0. The van der Waals surface area contributed by atoms with Crippen molar-refractivity contribution in [2.24, 2.45) is 17.8 Å². The second-order valence-electron chi connectivity index (χ2n) is 13.4. The summed E-state index contributed by atoms with van der Waals surface area (Å²) in [6.07, 6.45) is 3.70. The fourth-order valence-corrected chi connectivity index (χ4v) is 8.51. The van der Waals surface area contributed by atoms with Gasteiger partial charge in [0.1, 0.15) is 12.1 Å². The molecule has 5 heterocycles. The van der Waals surface area contributed by atoms with Crippen molar-refractivity contribution in [2.75, 3.05) is 20.1 Å². The smallest absolute Gasteiger partial charge is 0.281 e. The lowest BCUT2D eigenvalue weighted by Gasteiger charge is -2.49. The van der Waals surface area contributed by atoms with Crippen LogP contribution < -0.4 is 5.32 Å². The van der Waals surface area contributed by atoms with Gasteiger partial charge in [-0.15, -0.1) is 0 Å². The van der Waals surface area contributed by atoms with Crippen LogP contribution in [0, 0.1) is 17.8 Å². The summed E-state index contributed by atoms with van der Waals surface area (Å²) in [5.41, 5.74) is 1.53. The monoisotopic (exact) mass is 656 g/mol. The number of fused-ring (bicyclic) bond motifs is 5. The molecule has 10 nitrogen and oxygen atoms in total. The molecule has 1 aromatic heterocycles. The van der Waals surface area contributed by atoms with Gasteiger partial charge in [0, 0.05) is 40.1 Å². The van der Waals surface area contributed by atoms with Gasteiger partial charge in [-0.25, -0.2) is 0 Å². The second kappa shape index (κ2) is 9.89. The molecule has 7 rings (SSSR count). The molecule has 0 radical (unpaired) electrons. The van der Waals surface area contributed by atoms with E-state index < -0.39 is 60.4 Å². The van der Waals surface area contributed by atoms with Crippen LogP contribution in [0.15, 0.2) is 28.9 Å². The number of piperazine rings is 1. The Labute approximate surface area is 264 Å². The zero-order valence-corrected chi connectivity index (χ0v) is 26.4. The van der Waals surface area contributed by atoms with E-state index in [1.165, 1.54) is 9.80 Å². The van der Waals surface area contributed by atoms with Gasteiger partial charge in [-0.3, -0.25) is 28.9 Å². The van der Waals surface area contributed by atoms with Gasteiger partial charge >= 0.3 is 0 Å². The summed E-state index contributed by atoms with van der Waals surface area (Å²) >= 11 is 3.61. The first kappa shape index (κ1) is 25.6. The molecular weight excluding hydrogens is 614 g/mol. The van der Waals surface area contributed by atoms with E-state index in [4.69, 9.17) is 8.85 Å². The van der Waals surface area contributed by atoms with Crippen LogP contribution in [0.25, 0.3) is 16.5 Å². The van der Waals surface area contributed by atoms with Crippen molar-refractivity contribution >= 4 is 50.1 Å². The maximum atomic E-state index is 14.5. The lowest BCUT2D eigenvalue weighted by atomic mass is 9.79. The van der Waals surface area contributed by atoms with E-state index in [0.717, 1.165) is 32.2 Å². The normalized spacial score (nSPS) is 35.1. The summed E-state index contributed by atoms with van der Waals surface area (Å²) in [7, 11) is 0. The Bertz CT molecular complexity index is 1670. The number of ether oxygens (including phenoxy) is 1. The topological polar surface area (TPSA) is 118 Å². The molecule has 3 saturated heterocycles. The van der Waals surface area contributed by atoms with Gasteiger partial charge in [0.15, 0.2) is 0 Å². The summed E-state index contributed by atoms with van der Waals surface area (Å²) in [6, 6.07) is 3.61. The number of nitrogens with zero attached hydrogens (tertiary/aromatic N) is 3. The van der Waals surface area contributed by atoms with Crippen LogP contribution in [0.1, 0.15) is 62.2 Å². The largest absolute Gasteiger partial charge is 0.349 e. The van der Waals surface area contributed by atoms with Gasteiger partial charge in [-0.2, -0.15) is 0 Å². The van der Waals surface area contributed by atoms with Gasteiger partial charge < -0.3 is 20.3 Å². The van der Waals surface area contributed by atoms with Crippen molar-refractivity contribution in [2.45, 2.75) is 83.1 Å². The van der Waals surface area contributed by atoms with Crippen LogP contribution in [0.5, 0.6) is 0 Å². The molecule has 3 N–H and O–H groups in total. The van der Waals surface area contributed by atoms with E-state index in [0.29, 0.717) is 32.2 Å². The number of carbonyl (C=O) groups is 3. The third kappa shape index (κ3) is 4.04. The minimum atomic E-state index is -2.50. The van der Waals surface area contributed by atoms with E-state index in [1.807, 2.05) is 38.1 Å². The van der Waals surface area contributed by atoms with Crippen LogP contribution in [-0.2, 0) is 25.5 Å². The predicted molar refractivity (Wildman–Crippen MR) is 164 cm³/mol. The standard InChI is InChI=1S/C32H40BrN5O5/c1-16(2)12-24-29(40)37-11-7-10-25(37)32(42)38(24)30(41)31(43-32,17(3)4)35-28(39)18-13-20-19-8-6-9-22-26(19)21(27(33)34-22)14-23(20)36(5)15-18/h6,8-9,13,16-18,23-25,34,42H,7,10-12,14-15H2,1-5H3,(H,35,39)/t18-,23-,24+,25+,31-,32+/m1/s1/i5D3. The fourth-order valence-electron chi connectivity index (χ4n) is 7.93. The van der Waals surface area contributed by atoms with Crippen molar-refractivity contribution in [3.05, 3.63) is 40.0 Å². The van der Waals surface area contributed by atoms with Gasteiger partial charge in [-0.05, 0) is 77.3 Å². The zero-order valence-electron chi connectivity index (χ0n) is 27.8. The number of hydrogen-bond acceptors (Lipinski definition) is 6. The summed E-state index contributed by atoms with van der Waals surface area (Å²) in [6.45, 7) is 5.20. The van der Waals surface area contributed by atoms with E-state index in [2.05, 4.69) is 26.2 Å². The van der Waals surface area contributed by atoms with Crippen LogP contribution in [0.2, 0.25) is 0 Å². The summed E-state index contributed by atoms with van der Waals surface area (Å²) in [4.78, 5) is 50.0. The Morgan fingerprint density at radius 3 is 2.81 bits per heavy atom. The molecule has 3 amide bonds. The predicted octanol–water partition coefficient (Wildman–Crippen LogP) is 3.19. The van der Waals surface area contributed by atoms with Crippen molar-refractivity contribution in [3.63, 3.8) is 0 Å². The molecule has 1 aliphatic carbocycles. The molecule has 230 valence electrons. The lowest BCUT2D eigenvalue weighted by molar-refractivity contribution is -0.322. The number of rotatable bonds is 5. The number of aromatic amines is 1. The number of benzene rings is 1. The molecule has 6 atom stereocenters. The molecule has 0 unspecified atom stereocenters. The van der Waals surface area contributed by atoms with Gasteiger partial charge in [-0.1, -0.05) is 45.9 Å². The quantitative estimate of drug-likeness (QED) is 0.455. The Balaban J connectivity index is 1.28. The number of aliphatic hydroxyl groups is 1. The molecule has 4 aliphatic heterocycles. The highest BCUT2D eigenvalue weighted by atomic mass is 79.9. The molecule has 0 spiro atoms. The van der Waals surface area contributed by atoms with Crippen LogP contribution in [-0.4, -0.2) is 92.3 Å². The minimum Gasteiger partial charge on any atom is -0.349 e. The summed E-state index contributed by atoms with van der Waals surface area (Å²) < 4.78 is 32.4.